The summed E-state index contributed by atoms with van der Waals surface area (Å²) in [5, 5.41) is 14.7. The summed E-state index contributed by atoms with van der Waals surface area (Å²) in [6.45, 7) is 8.54. The number of aliphatic hydroxyl groups is 1. The minimum atomic E-state index is -0.0224. The van der Waals surface area contributed by atoms with Crippen molar-refractivity contribution in [1.29, 1.82) is 0 Å². The third-order valence-corrected chi connectivity index (χ3v) is 5.65. The number of nitrogens with zero attached hydrogens (tertiary/aromatic N) is 1. The first-order chi connectivity index (χ1) is 12.5. The monoisotopic (exact) mass is 355 g/mol. The summed E-state index contributed by atoms with van der Waals surface area (Å²) in [5.41, 5.74) is 7.71. The van der Waals surface area contributed by atoms with Crippen molar-refractivity contribution in [3.05, 3.63) is 45.2 Å². The van der Waals surface area contributed by atoms with Crippen LogP contribution in [0.15, 0.2) is 22.6 Å². The highest BCUT2D eigenvalue weighted by atomic mass is 16.6. The third kappa shape index (κ3) is 3.29. The number of carbonyl (C=O) groups is 1. The standard InChI is InChI=1S/C22H29NO3/c1-5-18(23-26-6-2)22-19(24)11-15(12-20(22)25)21-14(4)10-13(3)16-8-7-9-17(16)21/h10,15,24H,5-9,11-12H2,1-4H3/b23-18-. The van der Waals surface area contributed by atoms with Gasteiger partial charge in [0, 0.05) is 12.8 Å². The van der Waals surface area contributed by atoms with Gasteiger partial charge in [-0.3, -0.25) is 4.79 Å². The molecular formula is C22H29NO3. The van der Waals surface area contributed by atoms with Gasteiger partial charge in [0.1, 0.15) is 12.4 Å². The lowest BCUT2D eigenvalue weighted by molar-refractivity contribution is -0.116. The van der Waals surface area contributed by atoms with Gasteiger partial charge in [0.05, 0.1) is 11.3 Å². The Kier molecular flexibility index (Phi) is 5.49. The van der Waals surface area contributed by atoms with E-state index in [9.17, 15) is 9.90 Å². The van der Waals surface area contributed by atoms with Crippen molar-refractivity contribution in [3.8, 4) is 0 Å². The van der Waals surface area contributed by atoms with Crippen LogP contribution in [0, 0.1) is 13.8 Å². The van der Waals surface area contributed by atoms with Crippen LogP contribution in [0.25, 0.3) is 0 Å². The third-order valence-electron chi connectivity index (χ3n) is 5.65. The van der Waals surface area contributed by atoms with E-state index in [1.54, 1.807) is 0 Å². The molecule has 26 heavy (non-hydrogen) atoms. The van der Waals surface area contributed by atoms with E-state index in [0.29, 0.717) is 37.2 Å². The van der Waals surface area contributed by atoms with E-state index in [-0.39, 0.29) is 17.5 Å². The van der Waals surface area contributed by atoms with Crippen LogP contribution in [-0.4, -0.2) is 23.2 Å². The number of rotatable bonds is 5. The first-order valence-corrected chi connectivity index (χ1v) is 9.74. The van der Waals surface area contributed by atoms with E-state index < -0.39 is 0 Å². The minimum absolute atomic E-state index is 0.0224. The minimum Gasteiger partial charge on any atom is -0.511 e. The molecule has 0 amide bonds. The molecule has 2 aliphatic carbocycles. The number of aryl methyl sites for hydroxylation is 2. The van der Waals surface area contributed by atoms with E-state index >= 15 is 0 Å². The van der Waals surface area contributed by atoms with Gasteiger partial charge >= 0.3 is 0 Å². The van der Waals surface area contributed by atoms with Crippen molar-refractivity contribution in [3.63, 3.8) is 0 Å². The van der Waals surface area contributed by atoms with E-state index in [2.05, 4.69) is 25.1 Å². The van der Waals surface area contributed by atoms with Gasteiger partial charge < -0.3 is 9.94 Å². The largest absolute Gasteiger partial charge is 0.511 e. The molecule has 0 radical (unpaired) electrons. The summed E-state index contributed by atoms with van der Waals surface area (Å²) in [7, 11) is 0. The van der Waals surface area contributed by atoms with Crippen LogP contribution >= 0.6 is 0 Å². The summed E-state index contributed by atoms with van der Waals surface area (Å²) in [4.78, 5) is 18.0. The summed E-state index contributed by atoms with van der Waals surface area (Å²) in [6, 6.07) is 2.24. The van der Waals surface area contributed by atoms with Crippen LogP contribution in [-0.2, 0) is 22.5 Å². The van der Waals surface area contributed by atoms with Crippen molar-refractivity contribution >= 4 is 11.5 Å². The average Bonchev–Trinajstić information content (AvgIpc) is 3.07. The molecule has 1 atom stereocenters. The lowest BCUT2D eigenvalue weighted by Gasteiger charge is -2.28. The number of benzene rings is 1. The highest BCUT2D eigenvalue weighted by molar-refractivity contribution is 6.23. The average molecular weight is 355 g/mol. The van der Waals surface area contributed by atoms with Gasteiger partial charge in [-0.1, -0.05) is 18.1 Å². The summed E-state index contributed by atoms with van der Waals surface area (Å²) in [6.07, 6.45) is 4.89. The van der Waals surface area contributed by atoms with Crippen molar-refractivity contribution in [2.45, 2.75) is 72.1 Å². The fourth-order valence-corrected chi connectivity index (χ4v) is 4.63. The van der Waals surface area contributed by atoms with E-state index in [1.807, 2.05) is 13.8 Å². The Bertz CT molecular complexity index is 789. The maximum atomic E-state index is 12.9. The number of oxime groups is 1. The number of fused-ring (bicyclic) bond motifs is 1. The molecule has 0 fully saturated rings. The highest BCUT2D eigenvalue weighted by Gasteiger charge is 2.34. The van der Waals surface area contributed by atoms with E-state index in [1.165, 1.54) is 34.2 Å². The molecular weight excluding hydrogens is 326 g/mol. The lowest BCUT2D eigenvalue weighted by Crippen LogP contribution is -2.24. The van der Waals surface area contributed by atoms with Gasteiger partial charge in [-0.05, 0) is 80.2 Å². The van der Waals surface area contributed by atoms with Gasteiger partial charge in [0.25, 0.3) is 0 Å². The fraction of sp³-hybridized carbons (Fsp3) is 0.545. The molecule has 1 unspecified atom stereocenters. The van der Waals surface area contributed by atoms with Crippen LogP contribution in [0.3, 0.4) is 0 Å². The van der Waals surface area contributed by atoms with Crippen LogP contribution in [0.1, 0.15) is 73.3 Å². The molecule has 4 heteroatoms. The number of hydrogen-bond acceptors (Lipinski definition) is 4. The highest BCUT2D eigenvalue weighted by Crippen LogP contribution is 2.41. The first-order valence-electron chi connectivity index (χ1n) is 9.74. The smallest absolute Gasteiger partial charge is 0.168 e. The molecule has 0 saturated heterocycles. The lowest BCUT2D eigenvalue weighted by atomic mass is 9.77. The second-order valence-electron chi connectivity index (χ2n) is 7.39. The summed E-state index contributed by atoms with van der Waals surface area (Å²) >= 11 is 0. The topological polar surface area (TPSA) is 58.9 Å². The quantitative estimate of drug-likeness (QED) is 0.606. The normalized spacial score (nSPS) is 20.5. The second kappa shape index (κ2) is 7.65. The zero-order valence-electron chi connectivity index (χ0n) is 16.3. The van der Waals surface area contributed by atoms with Crippen molar-refractivity contribution in [2.75, 3.05) is 6.61 Å². The molecule has 0 spiro atoms. The number of hydrogen-bond donors (Lipinski definition) is 1. The molecule has 0 saturated carbocycles. The molecule has 1 N–H and O–H groups in total. The SMILES string of the molecule is CCO/N=C(/CC)C1=C(O)CC(c2c(C)cc(C)c3c2CCC3)CC1=O. The van der Waals surface area contributed by atoms with Crippen LogP contribution < -0.4 is 0 Å². The summed E-state index contributed by atoms with van der Waals surface area (Å²) in [5.74, 6) is 0.202. The number of aliphatic hydroxyl groups excluding tert-OH is 1. The first kappa shape index (κ1) is 18.7. The Morgan fingerprint density at radius 2 is 1.92 bits per heavy atom. The number of carbonyl (C=O) groups excluding carboxylic acids is 1. The van der Waals surface area contributed by atoms with Crippen molar-refractivity contribution < 1.29 is 14.7 Å². The Morgan fingerprint density at radius 1 is 1.19 bits per heavy atom. The molecule has 2 aliphatic rings. The number of allylic oxidation sites excluding steroid dienone is 2. The molecule has 140 valence electrons. The van der Waals surface area contributed by atoms with Gasteiger partial charge in [-0.2, -0.15) is 0 Å². The van der Waals surface area contributed by atoms with Gasteiger partial charge in [0.15, 0.2) is 5.78 Å². The molecule has 0 heterocycles. The molecule has 4 nitrogen and oxygen atoms in total. The Hall–Kier alpha value is -2.10. The van der Waals surface area contributed by atoms with Crippen LogP contribution in [0.2, 0.25) is 0 Å². The van der Waals surface area contributed by atoms with Crippen molar-refractivity contribution in [2.24, 2.45) is 5.16 Å². The van der Waals surface area contributed by atoms with Gasteiger partial charge in [-0.15, -0.1) is 0 Å². The molecule has 0 aliphatic heterocycles. The van der Waals surface area contributed by atoms with E-state index in [4.69, 9.17) is 4.84 Å². The Balaban J connectivity index is 1.98. The molecule has 0 aromatic heterocycles. The maximum absolute atomic E-state index is 12.9. The zero-order chi connectivity index (χ0) is 18.8. The van der Waals surface area contributed by atoms with Crippen molar-refractivity contribution in [1.82, 2.24) is 0 Å². The molecule has 0 bridgehead atoms. The predicted molar refractivity (Wildman–Crippen MR) is 104 cm³/mol. The molecule has 3 rings (SSSR count). The predicted octanol–water partition coefficient (Wildman–Crippen LogP) is 4.85. The Morgan fingerprint density at radius 3 is 2.58 bits per heavy atom. The molecule has 1 aromatic rings. The summed E-state index contributed by atoms with van der Waals surface area (Å²) < 4.78 is 0. The fourth-order valence-electron chi connectivity index (χ4n) is 4.63. The van der Waals surface area contributed by atoms with Crippen LogP contribution in [0.4, 0.5) is 0 Å². The zero-order valence-corrected chi connectivity index (χ0v) is 16.3. The second-order valence-corrected chi connectivity index (χ2v) is 7.39. The van der Waals surface area contributed by atoms with Crippen LogP contribution in [0.5, 0.6) is 0 Å². The molecule has 1 aromatic carbocycles. The van der Waals surface area contributed by atoms with Gasteiger partial charge in [-0.25, -0.2) is 0 Å². The Labute approximate surface area is 155 Å². The number of ketones is 1. The van der Waals surface area contributed by atoms with E-state index in [0.717, 1.165) is 12.8 Å². The number of Topliss-reactive ketones (excluding diaryl/α,β-unsaturated/α-hetero) is 1. The van der Waals surface area contributed by atoms with Gasteiger partial charge in [0.2, 0.25) is 0 Å². The maximum Gasteiger partial charge on any atom is 0.168 e.